The van der Waals surface area contributed by atoms with E-state index in [4.69, 9.17) is 20.3 Å². The van der Waals surface area contributed by atoms with Gasteiger partial charge >= 0.3 is 12.1 Å². The maximum atomic E-state index is 12.0. The molecule has 11 nitrogen and oxygen atoms in total. The summed E-state index contributed by atoms with van der Waals surface area (Å²) in [5.74, 6) is -1.22. The van der Waals surface area contributed by atoms with E-state index in [1.807, 2.05) is 0 Å². The Morgan fingerprint density at radius 1 is 1.26 bits per heavy atom. The summed E-state index contributed by atoms with van der Waals surface area (Å²) in [7, 11) is 0. The molecule has 1 amide bonds. The molecular formula is C21H25F3N4O7. The van der Waals surface area contributed by atoms with E-state index in [9.17, 15) is 33.0 Å². The number of aliphatic hydroxyl groups is 2. The summed E-state index contributed by atoms with van der Waals surface area (Å²) in [4.78, 5) is 28.7. The van der Waals surface area contributed by atoms with Crippen LogP contribution in [0.2, 0.25) is 0 Å². The monoisotopic (exact) mass is 502 g/mol. The zero-order chi connectivity index (χ0) is 26.0. The Morgan fingerprint density at radius 3 is 2.63 bits per heavy atom. The Hall–Kier alpha value is -3.49. The molecule has 0 radical (unpaired) electrons. The van der Waals surface area contributed by atoms with Gasteiger partial charge in [-0.1, -0.05) is 12.1 Å². The summed E-state index contributed by atoms with van der Waals surface area (Å²) in [5.41, 5.74) is 4.58. The number of anilines is 1. The highest BCUT2D eigenvalue weighted by Gasteiger charge is 2.33. The van der Waals surface area contributed by atoms with E-state index in [0.29, 0.717) is 30.5 Å². The average molecular weight is 502 g/mol. The molecule has 0 saturated carbocycles. The maximum absolute atomic E-state index is 12.0. The first kappa shape index (κ1) is 27.8. The van der Waals surface area contributed by atoms with Gasteiger partial charge in [0.15, 0.2) is 12.3 Å². The number of carboxylic acids is 1. The molecule has 1 aliphatic rings. The molecule has 0 aliphatic carbocycles. The Labute approximate surface area is 197 Å². The molecule has 1 aliphatic heterocycles. The molecule has 1 aromatic carbocycles. The van der Waals surface area contributed by atoms with Crippen LogP contribution in [0, 0.1) is 0 Å². The molecule has 35 heavy (non-hydrogen) atoms. The lowest BCUT2D eigenvalue weighted by Crippen LogP contribution is -2.50. The smallest absolute Gasteiger partial charge is 0.434 e. The van der Waals surface area contributed by atoms with Crippen molar-refractivity contribution in [1.29, 1.82) is 0 Å². The van der Waals surface area contributed by atoms with Gasteiger partial charge in [0.1, 0.15) is 23.8 Å². The van der Waals surface area contributed by atoms with E-state index in [1.165, 1.54) is 0 Å². The van der Waals surface area contributed by atoms with Crippen molar-refractivity contribution in [3.63, 3.8) is 0 Å². The highest BCUT2D eigenvalue weighted by atomic mass is 19.4. The minimum Gasteiger partial charge on any atom is -0.482 e. The maximum Gasteiger partial charge on any atom is 0.434 e. The quantitative estimate of drug-likeness (QED) is 0.356. The molecule has 3 atom stereocenters. The van der Waals surface area contributed by atoms with Crippen LogP contribution in [0.15, 0.2) is 36.7 Å². The van der Waals surface area contributed by atoms with Crippen LogP contribution in [0.4, 0.5) is 19.0 Å². The van der Waals surface area contributed by atoms with Gasteiger partial charge < -0.3 is 35.8 Å². The summed E-state index contributed by atoms with van der Waals surface area (Å²) in [6, 6.07) is 6.60. The van der Waals surface area contributed by atoms with E-state index >= 15 is 0 Å². The number of halogens is 3. The molecule has 1 saturated heterocycles. The molecule has 3 unspecified atom stereocenters. The number of carboxylic acid groups (broad SMARTS) is 1. The molecule has 0 bridgehead atoms. The van der Waals surface area contributed by atoms with Crippen molar-refractivity contribution in [3.05, 3.63) is 47.9 Å². The second-order valence-corrected chi connectivity index (χ2v) is 7.39. The van der Waals surface area contributed by atoms with Crippen LogP contribution in [0.1, 0.15) is 17.7 Å². The number of amides is 1. The van der Waals surface area contributed by atoms with Gasteiger partial charge in [-0.05, 0) is 24.1 Å². The molecule has 1 aromatic heterocycles. The molecule has 0 spiro atoms. The number of hydrogen-bond acceptors (Lipinski definition) is 9. The fourth-order valence-corrected chi connectivity index (χ4v) is 2.91. The molecule has 14 heteroatoms. The van der Waals surface area contributed by atoms with Crippen LogP contribution in [-0.2, 0) is 26.9 Å². The first-order valence-electron chi connectivity index (χ1n) is 10.3. The number of aliphatic carboxylic acids is 1. The zero-order valence-corrected chi connectivity index (χ0v) is 18.3. The second kappa shape index (κ2) is 12.8. The van der Waals surface area contributed by atoms with E-state index in [1.54, 1.807) is 24.3 Å². The molecule has 2 aromatic rings. The molecule has 1 fully saturated rings. The third-order valence-electron chi connectivity index (χ3n) is 4.59. The summed E-state index contributed by atoms with van der Waals surface area (Å²) in [5, 5.41) is 30.6. The van der Waals surface area contributed by atoms with Crippen LogP contribution in [0.5, 0.6) is 5.75 Å². The van der Waals surface area contributed by atoms with Crippen molar-refractivity contribution in [2.24, 2.45) is 0 Å². The number of nitrogen functional groups attached to an aromatic ring is 1. The van der Waals surface area contributed by atoms with Gasteiger partial charge in [-0.15, -0.1) is 0 Å². The number of rotatable bonds is 7. The number of alkyl halides is 3. The first-order chi connectivity index (χ1) is 16.5. The second-order valence-electron chi connectivity index (χ2n) is 7.39. The normalized spacial score (nSPS) is 19.7. The first-order valence-corrected chi connectivity index (χ1v) is 10.3. The molecular weight excluding hydrogens is 477 g/mol. The van der Waals surface area contributed by atoms with Gasteiger partial charge in [0.05, 0.1) is 24.9 Å². The number of carbonyl (C=O) groups is 2. The highest BCUT2D eigenvalue weighted by molar-refractivity contribution is 5.78. The lowest BCUT2D eigenvalue weighted by atomic mass is 10.0. The van der Waals surface area contributed by atoms with Gasteiger partial charge in [0.2, 0.25) is 5.91 Å². The predicted molar refractivity (Wildman–Crippen MR) is 114 cm³/mol. The number of ether oxygens (including phenoxy) is 2. The van der Waals surface area contributed by atoms with E-state index in [2.05, 4.69) is 15.3 Å². The number of nitrogens with one attached hydrogen (secondary N) is 1. The van der Waals surface area contributed by atoms with Crippen LogP contribution in [0.25, 0.3) is 0 Å². The number of carbonyl (C=O) groups excluding carboxylic acids is 1. The standard InChI is InChI=1S/C16H21NO7.C5H4F3N3/c18-12-4-5-23-13(16(12)22)8-17-14(19)7-10-2-1-3-11(6-10)24-9-15(20)21;6-5(7,8)3-1-10-2-4(9)11-3/h1-3,6,12-13,16,18,22H,4-5,7-9H2,(H,17,19)(H,20,21);1-2H,(H2,9,11). The summed E-state index contributed by atoms with van der Waals surface area (Å²) < 4.78 is 45.8. The SMILES string of the molecule is Nc1cncc(C(F)(F)F)n1.O=C(O)COc1cccc(CC(=O)NCC2OCCC(O)C2O)c1. The van der Waals surface area contributed by atoms with Crippen LogP contribution >= 0.6 is 0 Å². The Kier molecular flexibility index (Phi) is 10.2. The number of benzene rings is 1. The number of aliphatic hydroxyl groups excluding tert-OH is 2. The lowest BCUT2D eigenvalue weighted by molar-refractivity contribution is -0.141. The average Bonchev–Trinajstić information content (AvgIpc) is 2.79. The fourth-order valence-electron chi connectivity index (χ4n) is 2.91. The molecule has 3 rings (SSSR count). The van der Waals surface area contributed by atoms with E-state index < -0.39 is 42.8 Å². The van der Waals surface area contributed by atoms with Crippen molar-refractivity contribution < 1.29 is 47.6 Å². The molecule has 2 heterocycles. The van der Waals surface area contributed by atoms with Crippen LogP contribution in [-0.4, -0.2) is 75.2 Å². The Morgan fingerprint density at radius 2 is 2.00 bits per heavy atom. The van der Waals surface area contributed by atoms with Crippen molar-refractivity contribution in [2.75, 3.05) is 25.5 Å². The highest BCUT2D eigenvalue weighted by Crippen LogP contribution is 2.26. The zero-order valence-electron chi connectivity index (χ0n) is 18.3. The van der Waals surface area contributed by atoms with Crippen molar-refractivity contribution >= 4 is 17.7 Å². The summed E-state index contributed by atoms with van der Waals surface area (Å²) in [6.07, 6.45) is -4.85. The fraction of sp³-hybridized carbons (Fsp3) is 0.429. The van der Waals surface area contributed by atoms with Crippen molar-refractivity contribution in [1.82, 2.24) is 15.3 Å². The summed E-state index contributed by atoms with van der Waals surface area (Å²) >= 11 is 0. The summed E-state index contributed by atoms with van der Waals surface area (Å²) in [6.45, 7) is -0.0110. The number of hydrogen-bond donors (Lipinski definition) is 5. The van der Waals surface area contributed by atoms with Gasteiger partial charge in [0.25, 0.3) is 0 Å². The minimum absolute atomic E-state index is 0.0790. The third-order valence-corrected chi connectivity index (χ3v) is 4.59. The topological polar surface area (TPSA) is 177 Å². The van der Waals surface area contributed by atoms with Crippen molar-refractivity contribution in [2.45, 2.75) is 37.3 Å². The van der Waals surface area contributed by atoms with Crippen molar-refractivity contribution in [3.8, 4) is 5.75 Å². The number of nitrogens with zero attached hydrogens (tertiary/aromatic N) is 2. The van der Waals surface area contributed by atoms with Gasteiger partial charge in [-0.2, -0.15) is 13.2 Å². The Balaban J connectivity index is 0.000000328. The third kappa shape index (κ3) is 9.72. The molecule has 6 N–H and O–H groups in total. The number of nitrogens with two attached hydrogens (primary N) is 1. The van der Waals surface area contributed by atoms with Gasteiger partial charge in [-0.25, -0.2) is 9.78 Å². The van der Waals surface area contributed by atoms with Crippen LogP contribution < -0.4 is 15.8 Å². The molecule has 192 valence electrons. The minimum atomic E-state index is -4.47. The lowest BCUT2D eigenvalue weighted by Gasteiger charge is -2.32. The largest absolute Gasteiger partial charge is 0.482 e. The predicted octanol–water partition coefficient (Wildman–Crippen LogP) is 0.397. The Bertz CT molecular complexity index is 993. The van der Waals surface area contributed by atoms with Crippen LogP contribution in [0.3, 0.4) is 0 Å². The number of aromatic nitrogens is 2. The van der Waals surface area contributed by atoms with Gasteiger partial charge in [0, 0.05) is 13.2 Å². The van der Waals surface area contributed by atoms with E-state index in [0.717, 1.165) is 6.20 Å². The van der Waals surface area contributed by atoms with E-state index in [-0.39, 0.29) is 24.7 Å². The van der Waals surface area contributed by atoms with Gasteiger partial charge in [-0.3, -0.25) is 9.78 Å².